The Bertz CT molecular complexity index is 726. The first-order chi connectivity index (χ1) is 11.0. The van der Waals surface area contributed by atoms with Crippen LogP contribution in [0.1, 0.15) is 28.8 Å². The van der Waals surface area contributed by atoms with E-state index in [1.165, 1.54) is 12.1 Å². The van der Waals surface area contributed by atoms with Crippen molar-refractivity contribution >= 4 is 17.5 Å². The Labute approximate surface area is 139 Å². The predicted molar refractivity (Wildman–Crippen MR) is 86.9 cm³/mol. The first-order valence-corrected chi connectivity index (χ1v) is 7.90. The first kappa shape index (κ1) is 16.0. The van der Waals surface area contributed by atoms with Crippen molar-refractivity contribution < 1.29 is 14.3 Å². The Morgan fingerprint density at radius 1 is 1.09 bits per heavy atom. The molecule has 3 rings (SSSR count). The molecular formula is C18H17ClFNO2. The normalized spacial score (nSPS) is 17.1. The lowest BCUT2D eigenvalue weighted by Crippen LogP contribution is -2.45. The maximum Gasteiger partial charge on any atom is 0.256 e. The van der Waals surface area contributed by atoms with E-state index >= 15 is 0 Å². The van der Waals surface area contributed by atoms with Gasteiger partial charge in [0.25, 0.3) is 5.91 Å². The van der Waals surface area contributed by atoms with Gasteiger partial charge in [0.1, 0.15) is 5.82 Å². The molecule has 1 N–H and O–H groups in total. The summed E-state index contributed by atoms with van der Waals surface area (Å²) in [4.78, 5) is 14.0. The maximum absolute atomic E-state index is 13.8. The number of benzene rings is 2. The zero-order chi connectivity index (χ0) is 16.4. The molecule has 5 heteroatoms. The minimum Gasteiger partial charge on any atom is -0.385 e. The Morgan fingerprint density at radius 3 is 2.35 bits per heavy atom. The van der Waals surface area contributed by atoms with Gasteiger partial charge in [0, 0.05) is 23.7 Å². The van der Waals surface area contributed by atoms with Gasteiger partial charge in [-0.3, -0.25) is 4.79 Å². The van der Waals surface area contributed by atoms with Gasteiger partial charge in [-0.15, -0.1) is 0 Å². The molecule has 0 unspecified atom stereocenters. The van der Waals surface area contributed by atoms with E-state index in [1.54, 1.807) is 29.2 Å². The fraction of sp³-hybridized carbons (Fsp3) is 0.278. The third-order valence-corrected chi connectivity index (χ3v) is 4.69. The lowest BCUT2D eigenvalue weighted by Gasteiger charge is -2.39. The molecular weight excluding hydrogens is 317 g/mol. The highest BCUT2D eigenvalue weighted by Gasteiger charge is 2.37. The standard InChI is InChI=1S/C18H17ClFNO2/c19-15-7-3-2-6-14(15)18(23)9-11-21(12-10-18)17(22)13-5-1-4-8-16(13)20/h1-8,23H,9-12H2. The van der Waals surface area contributed by atoms with Gasteiger partial charge >= 0.3 is 0 Å². The third kappa shape index (κ3) is 3.09. The lowest BCUT2D eigenvalue weighted by atomic mass is 9.84. The molecule has 0 bridgehead atoms. The fourth-order valence-corrected chi connectivity index (χ4v) is 3.30. The molecule has 23 heavy (non-hydrogen) atoms. The number of halogens is 2. The van der Waals surface area contributed by atoms with E-state index in [2.05, 4.69) is 0 Å². The van der Waals surface area contributed by atoms with Crippen LogP contribution in [0.4, 0.5) is 4.39 Å². The number of carbonyl (C=O) groups is 1. The smallest absolute Gasteiger partial charge is 0.256 e. The molecule has 1 aliphatic heterocycles. The summed E-state index contributed by atoms with van der Waals surface area (Å²) in [6, 6.07) is 13.1. The van der Waals surface area contributed by atoms with Gasteiger partial charge in [0.2, 0.25) is 0 Å². The highest BCUT2D eigenvalue weighted by atomic mass is 35.5. The van der Waals surface area contributed by atoms with Crippen molar-refractivity contribution in [3.8, 4) is 0 Å². The molecule has 0 atom stereocenters. The molecule has 120 valence electrons. The highest BCUT2D eigenvalue weighted by Crippen LogP contribution is 2.37. The molecule has 0 spiro atoms. The second-order valence-corrected chi connectivity index (χ2v) is 6.19. The quantitative estimate of drug-likeness (QED) is 0.912. The first-order valence-electron chi connectivity index (χ1n) is 7.52. The van der Waals surface area contributed by atoms with Crippen LogP contribution in [0.15, 0.2) is 48.5 Å². The molecule has 3 nitrogen and oxygen atoms in total. The van der Waals surface area contributed by atoms with Crippen LogP contribution in [0.25, 0.3) is 0 Å². The molecule has 2 aromatic carbocycles. The molecule has 1 amide bonds. The second-order valence-electron chi connectivity index (χ2n) is 5.78. The Balaban J connectivity index is 1.75. The zero-order valence-electron chi connectivity index (χ0n) is 12.5. The van der Waals surface area contributed by atoms with Gasteiger partial charge in [0.05, 0.1) is 11.2 Å². The van der Waals surface area contributed by atoms with Crippen molar-refractivity contribution in [3.05, 3.63) is 70.5 Å². The maximum atomic E-state index is 13.8. The fourth-order valence-electron chi connectivity index (χ4n) is 2.99. The van der Waals surface area contributed by atoms with Crippen molar-refractivity contribution in [1.29, 1.82) is 0 Å². The predicted octanol–water partition coefficient (Wildman–Crippen LogP) is 3.60. The number of piperidine rings is 1. The van der Waals surface area contributed by atoms with E-state index in [1.807, 2.05) is 12.1 Å². The Kier molecular flexibility index (Phi) is 4.37. The average Bonchev–Trinajstić information content (AvgIpc) is 2.56. The number of nitrogens with zero attached hydrogens (tertiary/aromatic N) is 1. The summed E-state index contributed by atoms with van der Waals surface area (Å²) in [7, 11) is 0. The number of likely N-dealkylation sites (tertiary alicyclic amines) is 1. The molecule has 0 aromatic heterocycles. The van der Waals surface area contributed by atoms with Crippen molar-refractivity contribution in [2.75, 3.05) is 13.1 Å². The number of rotatable bonds is 2. The van der Waals surface area contributed by atoms with Crippen LogP contribution in [0.2, 0.25) is 5.02 Å². The van der Waals surface area contributed by atoms with Crippen LogP contribution >= 0.6 is 11.6 Å². The summed E-state index contributed by atoms with van der Waals surface area (Å²) in [5, 5.41) is 11.4. The SMILES string of the molecule is O=C(c1ccccc1F)N1CCC(O)(c2ccccc2Cl)CC1. The highest BCUT2D eigenvalue weighted by molar-refractivity contribution is 6.31. The van der Waals surface area contributed by atoms with Crippen LogP contribution in [0.5, 0.6) is 0 Å². The minimum atomic E-state index is -1.05. The summed E-state index contributed by atoms with van der Waals surface area (Å²) in [5.74, 6) is -0.867. The number of carbonyl (C=O) groups excluding carboxylic acids is 1. The topological polar surface area (TPSA) is 40.5 Å². The number of hydrogen-bond acceptors (Lipinski definition) is 2. The van der Waals surface area contributed by atoms with Crippen LogP contribution in [0.3, 0.4) is 0 Å². The number of aliphatic hydroxyl groups is 1. The van der Waals surface area contributed by atoms with E-state index in [9.17, 15) is 14.3 Å². The average molecular weight is 334 g/mol. The summed E-state index contributed by atoms with van der Waals surface area (Å²) < 4.78 is 13.8. The molecule has 0 saturated carbocycles. The van der Waals surface area contributed by atoms with Gasteiger partial charge in [-0.05, 0) is 31.0 Å². The van der Waals surface area contributed by atoms with Crippen LogP contribution in [-0.4, -0.2) is 29.0 Å². The van der Waals surface area contributed by atoms with Crippen LogP contribution in [0, 0.1) is 5.82 Å². The van der Waals surface area contributed by atoms with Gasteiger partial charge in [0.15, 0.2) is 0 Å². The molecule has 0 radical (unpaired) electrons. The number of hydrogen-bond donors (Lipinski definition) is 1. The van der Waals surface area contributed by atoms with Crippen molar-refractivity contribution in [2.24, 2.45) is 0 Å². The summed E-state index contributed by atoms with van der Waals surface area (Å²) in [6.07, 6.45) is 0.744. The molecule has 0 aliphatic carbocycles. The third-order valence-electron chi connectivity index (χ3n) is 4.36. The van der Waals surface area contributed by atoms with E-state index in [0.717, 1.165) is 0 Å². The van der Waals surface area contributed by atoms with Crippen molar-refractivity contribution in [2.45, 2.75) is 18.4 Å². The van der Waals surface area contributed by atoms with Gasteiger partial charge < -0.3 is 10.0 Å². The molecule has 1 aliphatic rings. The van der Waals surface area contributed by atoms with Gasteiger partial charge in [-0.25, -0.2) is 4.39 Å². The minimum absolute atomic E-state index is 0.0654. The summed E-state index contributed by atoms with van der Waals surface area (Å²) in [6.45, 7) is 0.712. The van der Waals surface area contributed by atoms with E-state index < -0.39 is 11.4 Å². The van der Waals surface area contributed by atoms with Crippen molar-refractivity contribution in [3.63, 3.8) is 0 Å². The Hall–Kier alpha value is -1.91. The van der Waals surface area contributed by atoms with Crippen molar-refractivity contribution in [1.82, 2.24) is 4.90 Å². The lowest BCUT2D eigenvalue weighted by molar-refractivity contribution is -0.0211. The monoisotopic (exact) mass is 333 g/mol. The van der Waals surface area contributed by atoms with E-state index in [4.69, 9.17) is 11.6 Å². The second kappa shape index (κ2) is 6.30. The number of amides is 1. The summed E-state index contributed by atoms with van der Waals surface area (Å²) >= 11 is 6.17. The van der Waals surface area contributed by atoms with Crippen LogP contribution < -0.4 is 0 Å². The Morgan fingerprint density at radius 2 is 1.70 bits per heavy atom. The molecule has 2 aromatic rings. The van der Waals surface area contributed by atoms with E-state index in [0.29, 0.717) is 36.5 Å². The van der Waals surface area contributed by atoms with Gasteiger partial charge in [-0.2, -0.15) is 0 Å². The zero-order valence-corrected chi connectivity index (χ0v) is 13.3. The molecule has 1 fully saturated rings. The van der Waals surface area contributed by atoms with Gasteiger partial charge in [-0.1, -0.05) is 41.9 Å². The largest absolute Gasteiger partial charge is 0.385 e. The molecule has 1 heterocycles. The summed E-state index contributed by atoms with van der Waals surface area (Å²) in [5.41, 5.74) is -0.306. The van der Waals surface area contributed by atoms with Crippen LogP contribution in [-0.2, 0) is 5.60 Å². The molecule has 1 saturated heterocycles. The van der Waals surface area contributed by atoms with E-state index in [-0.39, 0.29) is 11.5 Å².